The summed E-state index contributed by atoms with van der Waals surface area (Å²) in [5.41, 5.74) is 5.60. The van der Waals surface area contributed by atoms with Crippen molar-refractivity contribution in [2.45, 2.75) is 39.2 Å². The lowest BCUT2D eigenvalue weighted by Crippen LogP contribution is -2.51. The Balaban J connectivity index is 2.53. The summed E-state index contributed by atoms with van der Waals surface area (Å²) in [5.74, 6) is -0.403. The summed E-state index contributed by atoms with van der Waals surface area (Å²) in [6.07, 6.45) is 3.19. The molecule has 0 aliphatic carbocycles. The van der Waals surface area contributed by atoms with Gasteiger partial charge in [0.25, 0.3) is 5.91 Å². The third kappa shape index (κ3) is 3.70. The molecule has 1 fully saturated rings. The molecule has 1 saturated heterocycles. The lowest BCUT2D eigenvalue weighted by atomic mass is 9.95. The molecule has 1 rings (SSSR count). The Kier molecular flexibility index (Phi) is 5.41. The lowest BCUT2D eigenvalue weighted by Gasteiger charge is -2.33. The Hall–Kier alpha value is -1.10. The Labute approximate surface area is 102 Å². The Morgan fingerprint density at radius 3 is 2.76 bits per heavy atom. The average Bonchev–Trinajstić information content (AvgIpc) is 2.37. The molecule has 1 heterocycles. The first-order valence-corrected chi connectivity index (χ1v) is 6.31. The van der Waals surface area contributed by atoms with Crippen molar-refractivity contribution in [1.82, 2.24) is 4.90 Å². The number of carbonyl (C=O) groups excluding carboxylic acids is 2. The number of likely N-dealkylation sites (tertiary alicyclic amines) is 1. The van der Waals surface area contributed by atoms with Crippen LogP contribution in [0.3, 0.4) is 0 Å². The maximum absolute atomic E-state index is 12.0. The molecule has 17 heavy (non-hydrogen) atoms. The van der Waals surface area contributed by atoms with Gasteiger partial charge in [-0.3, -0.25) is 4.79 Å². The molecule has 0 aromatic carbocycles. The molecule has 5 nitrogen and oxygen atoms in total. The van der Waals surface area contributed by atoms with Crippen LogP contribution < -0.4 is 5.73 Å². The second-order valence-corrected chi connectivity index (χ2v) is 4.43. The highest BCUT2D eigenvalue weighted by Crippen LogP contribution is 2.19. The minimum Gasteiger partial charge on any atom is -0.464 e. The fraction of sp³-hybridized carbons (Fsp3) is 0.833. The van der Waals surface area contributed by atoms with Crippen LogP contribution in [0.1, 0.15) is 33.1 Å². The van der Waals surface area contributed by atoms with Gasteiger partial charge in [0.1, 0.15) is 0 Å². The van der Waals surface area contributed by atoms with Gasteiger partial charge in [-0.2, -0.15) is 0 Å². The number of nitrogens with two attached hydrogens (primary N) is 1. The molecule has 98 valence electrons. The van der Waals surface area contributed by atoms with E-state index in [4.69, 9.17) is 10.5 Å². The molecule has 2 atom stereocenters. The molecule has 0 aromatic heterocycles. The summed E-state index contributed by atoms with van der Waals surface area (Å²) in [5, 5.41) is 0. The van der Waals surface area contributed by atoms with E-state index in [1.54, 1.807) is 11.8 Å². The molecule has 2 N–H and O–H groups in total. The number of piperidine rings is 1. The maximum Gasteiger partial charge on any atom is 0.332 e. The zero-order valence-electron chi connectivity index (χ0n) is 10.6. The molecule has 2 unspecified atom stereocenters. The number of ether oxygens (including phenoxy) is 1. The first kappa shape index (κ1) is 14.0. The van der Waals surface area contributed by atoms with E-state index in [2.05, 4.69) is 6.92 Å². The third-order valence-corrected chi connectivity index (χ3v) is 3.21. The van der Waals surface area contributed by atoms with E-state index in [1.165, 1.54) is 0 Å². The minimum absolute atomic E-state index is 0.247. The zero-order chi connectivity index (χ0) is 12.8. The number of hydrogen-bond acceptors (Lipinski definition) is 4. The number of rotatable bonds is 4. The van der Waals surface area contributed by atoms with Crippen LogP contribution in [-0.4, -0.2) is 42.5 Å². The summed E-state index contributed by atoms with van der Waals surface area (Å²) in [4.78, 5) is 25.1. The van der Waals surface area contributed by atoms with Gasteiger partial charge in [-0.25, -0.2) is 4.79 Å². The molecular formula is C12H22N2O3. The minimum atomic E-state index is -1.16. The summed E-state index contributed by atoms with van der Waals surface area (Å²) in [6.45, 7) is 5.47. The number of nitrogens with zero attached hydrogens (tertiary/aromatic N) is 1. The van der Waals surface area contributed by atoms with E-state index in [0.29, 0.717) is 19.0 Å². The Morgan fingerprint density at radius 2 is 2.18 bits per heavy atom. The van der Waals surface area contributed by atoms with E-state index >= 15 is 0 Å². The molecule has 1 aliphatic heterocycles. The second-order valence-electron chi connectivity index (χ2n) is 4.43. The fourth-order valence-electron chi connectivity index (χ4n) is 2.13. The number of esters is 1. The fourth-order valence-corrected chi connectivity index (χ4v) is 2.13. The zero-order valence-corrected chi connectivity index (χ0v) is 10.6. The van der Waals surface area contributed by atoms with Crippen molar-refractivity contribution in [3.8, 4) is 0 Å². The SMILES string of the molecule is CCOC(=O)C(N)C(=O)N1CCCC(CC)C1. The van der Waals surface area contributed by atoms with Crippen molar-refractivity contribution < 1.29 is 14.3 Å². The number of hydrogen-bond donors (Lipinski definition) is 1. The molecule has 0 spiro atoms. The van der Waals surface area contributed by atoms with E-state index in [1.807, 2.05) is 0 Å². The predicted octanol–water partition coefficient (Wildman–Crippen LogP) is 0.525. The van der Waals surface area contributed by atoms with Crippen molar-refractivity contribution in [3.63, 3.8) is 0 Å². The molecule has 0 saturated carbocycles. The van der Waals surface area contributed by atoms with Gasteiger partial charge in [-0.15, -0.1) is 0 Å². The monoisotopic (exact) mass is 242 g/mol. The predicted molar refractivity (Wildman–Crippen MR) is 64.2 cm³/mol. The van der Waals surface area contributed by atoms with Crippen molar-refractivity contribution in [2.24, 2.45) is 11.7 Å². The van der Waals surface area contributed by atoms with Gasteiger partial charge in [-0.05, 0) is 25.7 Å². The molecule has 0 radical (unpaired) electrons. The molecule has 1 amide bonds. The van der Waals surface area contributed by atoms with Crippen molar-refractivity contribution >= 4 is 11.9 Å². The van der Waals surface area contributed by atoms with Gasteiger partial charge in [0.15, 0.2) is 6.04 Å². The molecular weight excluding hydrogens is 220 g/mol. The summed E-state index contributed by atoms with van der Waals surface area (Å²) < 4.78 is 4.76. The topological polar surface area (TPSA) is 72.6 Å². The van der Waals surface area contributed by atoms with Crippen molar-refractivity contribution in [1.29, 1.82) is 0 Å². The standard InChI is InChI=1S/C12H22N2O3/c1-3-9-6-5-7-14(8-9)11(15)10(13)12(16)17-4-2/h9-10H,3-8,13H2,1-2H3. The highest BCUT2D eigenvalue weighted by molar-refractivity contribution is 6.01. The van der Waals surface area contributed by atoms with Crippen LogP contribution in [0.2, 0.25) is 0 Å². The lowest BCUT2D eigenvalue weighted by molar-refractivity contribution is -0.151. The normalized spacial score (nSPS) is 22.1. The highest BCUT2D eigenvalue weighted by atomic mass is 16.5. The molecule has 1 aliphatic rings. The smallest absolute Gasteiger partial charge is 0.332 e. The van der Waals surface area contributed by atoms with E-state index in [9.17, 15) is 9.59 Å². The average molecular weight is 242 g/mol. The van der Waals surface area contributed by atoms with Crippen molar-refractivity contribution in [3.05, 3.63) is 0 Å². The van der Waals surface area contributed by atoms with Gasteiger partial charge in [0.2, 0.25) is 0 Å². The second kappa shape index (κ2) is 6.59. The van der Waals surface area contributed by atoms with E-state index in [-0.39, 0.29) is 12.5 Å². The van der Waals surface area contributed by atoms with Crippen LogP contribution in [0.15, 0.2) is 0 Å². The maximum atomic E-state index is 12.0. The van der Waals surface area contributed by atoms with Crippen LogP contribution in [0.5, 0.6) is 0 Å². The first-order chi connectivity index (χ1) is 8.10. The number of amides is 1. The third-order valence-electron chi connectivity index (χ3n) is 3.21. The van der Waals surface area contributed by atoms with Gasteiger partial charge < -0.3 is 15.4 Å². The van der Waals surface area contributed by atoms with Crippen LogP contribution in [0.4, 0.5) is 0 Å². The largest absolute Gasteiger partial charge is 0.464 e. The summed E-state index contributed by atoms with van der Waals surface area (Å²) in [6, 6.07) is -1.16. The summed E-state index contributed by atoms with van der Waals surface area (Å²) in [7, 11) is 0. The highest BCUT2D eigenvalue weighted by Gasteiger charge is 2.31. The van der Waals surface area contributed by atoms with Gasteiger partial charge in [0.05, 0.1) is 6.61 Å². The van der Waals surface area contributed by atoms with Crippen LogP contribution >= 0.6 is 0 Å². The summed E-state index contributed by atoms with van der Waals surface area (Å²) >= 11 is 0. The quantitative estimate of drug-likeness (QED) is 0.576. The van der Waals surface area contributed by atoms with Crippen LogP contribution in [0.25, 0.3) is 0 Å². The molecule has 0 aromatic rings. The van der Waals surface area contributed by atoms with Crippen LogP contribution in [-0.2, 0) is 14.3 Å². The molecule has 5 heteroatoms. The van der Waals surface area contributed by atoms with E-state index < -0.39 is 12.0 Å². The first-order valence-electron chi connectivity index (χ1n) is 6.31. The Morgan fingerprint density at radius 1 is 1.47 bits per heavy atom. The van der Waals surface area contributed by atoms with Crippen LogP contribution in [0, 0.1) is 5.92 Å². The Bertz CT molecular complexity index is 281. The van der Waals surface area contributed by atoms with Crippen molar-refractivity contribution in [2.75, 3.05) is 19.7 Å². The van der Waals surface area contributed by atoms with Gasteiger partial charge in [0, 0.05) is 13.1 Å². The molecule has 0 bridgehead atoms. The van der Waals surface area contributed by atoms with Gasteiger partial charge >= 0.3 is 5.97 Å². The number of carbonyl (C=O) groups is 2. The van der Waals surface area contributed by atoms with E-state index in [0.717, 1.165) is 19.3 Å². The van der Waals surface area contributed by atoms with Gasteiger partial charge in [-0.1, -0.05) is 13.3 Å².